The lowest BCUT2D eigenvalue weighted by Crippen LogP contribution is -2.27. The van der Waals surface area contributed by atoms with Crippen molar-refractivity contribution in [1.29, 1.82) is 0 Å². The predicted octanol–water partition coefficient (Wildman–Crippen LogP) is 2.60. The minimum atomic E-state index is -0.108. The Hall–Kier alpha value is -2.63. The Morgan fingerprint density at radius 1 is 1.42 bits per heavy atom. The first kappa shape index (κ1) is 16.2. The van der Waals surface area contributed by atoms with Crippen molar-refractivity contribution >= 4 is 17.5 Å². The first-order valence-electron chi connectivity index (χ1n) is 8.08. The van der Waals surface area contributed by atoms with Gasteiger partial charge in [-0.2, -0.15) is 0 Å². The maximum atomic E-state index is 12.2. The van der Waals surface area contributed by atoms with E-state index in [1.807, 2.05) is 39.0 Å². The van der Waals surface area contributed by atoms with E-state index in [1.165, 1.54) is 0 Å². The van der Waals surface area contributed by atoms with Gasteiger partial charge in [0.25, 0.3) is 0 Å². The molecule has 0 bridgehead atoms. The van der Waals surface area contributed by atoms with Crippen LogP contribution >= 0.6 is 0 Å². The van der Waals surface area contributed by atoms with Gasteiger partial charge in [0, 0.05) is 17.7 Å². The summed E-state index contributed by atoms with van der Waals surface area (Å²) in [4.78, 5) is 23.6. The normalized spacial score (nSPS) is 14.2. The Morgan fingerprint density at radius 2 is 2.21 bits per heavy atom. The molecule has 1 aromatic carbocycles. The van der Waals surface area contributed by atoms with Crippen molar-refractivity contribution in [2.45, 2.75) is 46.1 Å². The highest BCUT2D eigenvalue weighted by Crippen LogP contribution is 2.26. The van der Waals surface area contributed by atoms with Gasteiger partial charge in [-0.25, -0.2) is 0 Å². The van der Waals surface area contributed by atoms with E-state index in [-0.39, 0.29) is 17.9 Å². The molecular formula is C18H21N3O3. The first-order valence-corrected chi connectivity index (χ1v) is 8.08. The lowest BCUT2D eigenvalue weighted by Gasteiger charge is -2.15. The summed E-state index contributed by atoms with van der Waals surface area (Å²) in [6, 6.07) is 5.70. The molecular weight excluding hydrogens is 306 g/mol. The number of hydrogen-bond acceptors (Lipinski definition) is 4. The zero-order valence-corrected chi connectivity index (χ0v) is 14.1. The molecule has 0 saturated carbocycles. The van der Waals surface area contributed by atoms with E-state index in [0.29, 0.717) is 19.3 Å². The molecule has 2 aromatic rings. The second kappa shape index (κ2) is 6.47. The Bertz CT molecular complexity index is 775. The number of anilines is 1. The van der Waals surface area contributed by atoms with Gasteiger partial charge in [-0.1, -0.05) is 17.3 Å². The zero-order valence-electron chi connectivity index (χ0n) is 14.1. The van der Waals surface area contributed by atoms with Crippen molar-refractivity contribution in [2.24, 2.45) is 0 Å². The van der Waals surface area contributed by atoms with Crippen LogP contribution in [0.2, 0.25) is 0 Å². The molecule has 6 nitrogen and oxygen atoms in total. The van der Waals surface area contributed by atoms with Gasteiger partial charge in [-0.3, -0.25) is 9.59 Å². The molecule has 6 heteroatoms. The number of amides is 2. The topological polar surface area (TPSA) is 84.2 Å². The van der Waals surface area contributed by atoms with Gasteiger partial charge < -0.3 is 15.2 Å². The number of aryl methyl sites for hydroxylation is 2. The maximum Gasteiger partial charge on any atom is 0.228 e. The van der Waals surface area contributed by atoms with Crippen LogP contribution in [0.15, 0.2) is 22.7 Å². The predicted molar refractivity (Wildman–Crippen MR) is 89.6 cm³/mol. The van der Waals surface area contributed by atoms with Crippen molar-refractivity contribution in [1.82, 2.24) is 10.5 Å². The fourth-order valence-electron chi connectivity index (χ4n) is 3.01. The molecule has 1 aliphatic rings. The third-order valence-electron chi connectivity index (χ3n) is 4.42. The van der Waals surface area contributed by atoms with E-state index in [9.17, 15) is 9.59 Å². The van der Waals surface area contributed by atoms with Crippen molar-refractivity contribution in [3.63, 3.8) is 0 Å². The number of rotatable bonds is 5. The summed E-state index contributed by atoms with van der Waals surface area (Å²) in [7, 11) is 0. The number of aromatic nitrogens is 1. The molecule has 2 N–H and O–H groups in total. The van der Waals surface area contributed by atoms with Gasteiger partial charge in [0.2, 0.25) is 11.8 Å². The van der Waals surface area contributed by atoms with E-state index in [2.05, 4.69) is 15.8 Å². The number of hydrogen-bond donors (Lipinski definition) is 2. The SMILES string of the molecule is Cc1noc(C)c1CCC(=O)NC(C)c1ccc2c(c1)CC(=O)N2. The molecule has 0 aliphatic carbocycles. The van der Waals surface area contributed by atoms with Crippen LogP contribution in [-0.4, -0.2) is 17.0 Å². The average molecular weight is 327 g/mol. The fraction of sp³-hybridized carbons (Fsp3) is 0.389. The van der Waals surface area contributed by atoms with Crippen LogP contribution < -0.4 is 10.6 Å². The number of nitrogens with zero attached hydrogens (tertiary/aromatic N) is 1. The molecule has 2 amide bonds. The van der Waals surface area contributed by atoms with Gasteiger partial charge >= 0.3 is 0 Å². The number of nitrogens with one attached hydrogen (secondary N) is 2. The van der Waals surface area contributed by atoms with Crippen LogP contribution in [0.3, 0.4) is 0 Å². The van der Waals surface area contributed by atoms with Crippen LogP contribution in [0.5, 0.6) is 0 Å². The summed E-state index contributed by atoms with van der Waals surface area (Å²) in [5.41, 5.74) is 4.68. The Kier molecular flexibility index (Phi) is 4.38. The van der Waals surface area contributed by atoms with Crippen molar-refractivity contribution in [2.75, 3.05) is 5.32 Å². The molecule has 1 unspecified atom stereocenters. The molecule has 1 atom stereocenters. The minimum absolute atomic E-state index is 0.0123. The second-order valence-corrected chi connectivity index (χ2v) is 6.23. The molecule has 24 heavy (non-hydrogen) atoms. The Labute approximate surface area is 140 Å². The quantitative estimate of drug-likeness (QED) is 0.884. The van der Waals surface area contributed by atoms with Crippen LogP contribution in [0.4, 0.5) is 5.69 Å². The molecule has 0 radical (unpaired) electrons. The van der Waals surface area contributed by atoms with Crippen molar-refractivity contribution < 1.29 is 14.1 Å². The van der Waals surface area contributed by atoms with Crippen LogP contribution in [0.1, 0.15) is 47.5 Å². The molecule has 126 valence electrons. The third-order valence-corrected chi connectivity index (χ3v) is 4.42. The molecule has 1 aliphatic heterocycles. The molecule has 0 saturated heterocycles. The monoisotopic (exact) mass is 327 g/mol. The smallest absolute Gasteiger partial charge is 0.228 e. The summed E-state index contributed by atoms with van der Waals surface area (Å²) in [6.07, 6.45) is 1.40. The number of carbonyl (C=O) groups excluding carboxylic acids is 2. The van der Waals surface area contributed by atoms with Gasteiger partial charge in [0.05, 0.1) is 18.2 Å². The Morgan fingerprint density at radius 3 is 2.92 bits per heavy atom. The highest BCUT2D eigenvalue weighted by atomic mass is 16.5. The van der Waals surface area contributed by atoms with E-state index >= 15 is 0 Å². The zero-order chi connectivity index (χ0) is 17.3. The minimum Gasteiger partial charge on any atom is -0.361 e. The summed E-state index contributed by atoms with van der Waals surface area (Å²) >= 11 is 0. The number of carbonyl (C=O) groups is 2. The Balaban J connectivity index is 1.58. The van der Waals surface area contributed by atoms with Gasteiger partial charge in [-0.15, -0.1) is 0 Å². The van der Waals surface area contributed by atoms with Crippen molar-refractivity contribution in [3.05, 3.63) is 46.3 Å². The molecule has 2 heterocycles. The third kappa shape index (κ3) is 3.32. The summed E-state index contributed by atoms with van der Waals surface area (Å²) < 4.78 is 5.11. The second-order valence-electron chi connectivity index (χ2n) is 6.23. The van der Waals surface area contributed by atoms with Gasteiger partial charge in [0.1, 0.15) is 5.76 Å². The maximum absolute atomic E-state index is 12.2. The van der Waals surface area contributed by atoms with E-state index in [0.717, 1.165) is 33.8 Å². The lowest BCUT2D eigenvalue weighted by molar-refractivity contribution is -0.121. The van der Waals surface area contributed by atoms with Gasteiger partial charge in [-0.05, 0) is 44.4 Å². The molecule has 1 aromatic heterocycles. The standard InChI is InChI=1S/C18H21N3O3/c1-10(13-4-6-16-14(8-13)9-18(23)20-16)19-17(22)7-5-15-11(2)21-24-12(15)3/h4,6,8,10H,5,7,9H2,1-3H3,(H,19,22)(H,20,23). The number of fused-ring (bicyclic) bond motifs is 1. The van der Waals surface area contributed by atoms with E-state index in [4.69, 9.17) is 4.52 Å². The summed E-state index contributed by atoms with van der Waals surface area (Å²) in [5, 5.41) is 9.72. The fourth-order valence-corrected chi connectivity index (χ4v) is 3.01. The van der Waals surface area contributed by atoms with Crippen LogP contribution in [0.25, 0.3) is 0 Å². The van der Waals surface area contributed by atoms with Crippen LogP contribution in [0, 0.1) is 13.8 Å². The summed E-state index contributed by atoms with van der Waals surface area (Å²) in [5.74, 6) is 0.764. The molecule has 0 fully saturated rings. The highest BCUT2D eigenvalue weighted by molar-refractivity contribution is 5.99. The van der Waals surface area contributed by atoms with Gasteiger partial charge in [0.15, 0.2) is 0 Å². The average Bonchev–Trinajstić information content (AvgIpc) is 3.06. The van der Waals surface area contributed by atoms with Crippen LogP contribution in [-0.2, 0) is 22.4 Å². The molecule has 3 rings (SSSR count). The lowest BCUT2D eigenvalue weighted by atomic mass is 10.0. The van der Waals surface area contributed by atoms with Crippen molar-refractivity contribution in [3.8, 4) is 0 Å². The van der Waals surface area contributed by atoms with E-state index in [1.54, 1.807) is 0 Å². The summed E-state index contributed by atoms with van der Waals surface area (Å²) in [6.45, 7) is 5.68. The number of benzene rings is 1. The molecule has 0 spiro atoms. The first-order chi connectivity index (χ1) is 11.4. The largest absolute Gasteiger partial charge is 0.361 e. The van der Waals surface area contributed by atoms with E-state index < -0.39 is 0 Å². The highest BCUT2D eigenvalue weighted by Gasteiger charge is 2.19.